The zero-order chi connectivity index (χ0) is 15.6. The van der Waals surface area contributed by atoms with Crippen molar-refractivity contribution in [3.8, 4) is 5.69 Å². The summed E-state index contributed by atoms with van der Waals surface area (Å²) in [5, 5.41) is 8.89. The van der Waals surface area contributed by atoms with Crippen molar-refractivity contribution in [1.29, 1.82) is 0 Å². The molecule has 0 aliphatic rings. The van der Waals surface area contributed by atoms with Gasteiger partial charge in [0.05, 0.1) is 5.69 Å². The van der Waals surface area contributed by atoms with Gasteiger partial charge < -0.3 is 9.67 Å². The highest BCUT2D eigenvalue weighted by Gasteiger charge is 2.20. The summed E-state index contributed by atoms with van der Waals surface area (Å²) in [5.41, 5.74) is 0.185. The number of hydrogen-bond acceptors (Lipinski definition) is 4. The molecule has 1 aromatic heterocycles. The molecule has 0 unspecified atom stereocenters. The third-order valence-electron chi connectivity index (χ3n) is 2.63. The van der Waals surface area contributed by atoms with Gasteiger partial charge in [-0.05, 0) is 26.0 Å². The first kappa shape index (κ1) is 15.2. The lowest BCUT2D eigenvalue weighted by Gasteiger charge is -2.13. The molecule has 0 radical (unpaired) electrons. The molecule has 2 aromatic rings. The number of imidazole rings is 1. The minimum Gasteiger partial charge on any atom is -0.476 e. The van der Waals surface area contributed by atoms with Crippen LogP contribution in [0.15, 0.2) is 41.7 Å². The lowest BCUT2D eigenvalue weighted by Crippen LogP contribution is -2.30. The standard InChI is InChI=1S/C13H15N3O4S/c1-9(2)15-21(19,20)12-6-4-3-5-11(12)16-7-10(13(17)18)14-8-16/h3-9,15H,1-2H3,(H,17,18). The number of carbonyl (C=O) groups is 1. The number of sulfonamides is 1. The number of carboxylic acid groups (broad SMARTS) is 1. The summed E-state index contributed by atoms with van der Waals surface area (Å²) in [5.74, 6) is -1.17. The van der Waals surface area contributed by atoms with Crippen LogP contribution in [0.4, 0.5) is 0 Å². The van der Waals surface area contributed by atoms with E-state index in [1.54, 1.807) is 32.0 Å². The van der Waals surface area contributed by atoms with Gasteiger partial charge in [-0.1, -0.05) is 12.1 Å². The second-order valence-corrected chi connectivity index (χ2v) is 6.40. The van der Waals surface area contributed by atoms with Gasteiger partial charge in [-0.2, -0.15) is 0 Å². The van der Waals surface area contributed by atoms with Crippen molar-refractivity contribution in [3.05, 3.63) is 42.5 Å². The Balaban J connectivity index is 2.53. The molecule has 0 spiro atoms. The van der Waals surface area contributed by atoms with Crippen molar-refractivity contribution in [2.24, 2.45) is 0 Å². The normalized spacial score (nSPS) is 11.8. The number of para-hydroxylation sites is 1. The first-order valence-corrected chi connectivity index (χ1v) is 7.68. The highest BCUT2D eigenvalue weighted by molar-refractivity contribution is 7.89. The van der Waals surface area contributed by atoms with Crippen molar-refractivity contribution in [2.75, 3.05) is 0 Å². The quantitative estimate of drug-likeness (QED) is 0.865. The summed E-state index contributed by atoms with van der Waals surface area (Å²) >= 11 is 0. The lowest BCUT2D eigenvalue weighted by atomic mass is 10.3. The third-order valence-corrected chi connectivity index (χ3v) is 4.33. The average molecular weight is 309 g/mol. The van der Waals surface area contributed by atoms with Crippen LogP contribution >= 0.6 is 0 Å². The van der Waals surface area contributed by atoms with E-state index in [1.165, 1.54) is 23.2 Å². The molecular formula is C13H15N3O4S. The molecule has 1 aromatic carbocycles. The maximum Gasteiger partial charge on any atom is 0.356 e. The van der Waals surface area contributed by atoms with Gasteiger partial charge in [0.25, 0.3) is 0 Å². The molecule has 0 saturated carbocycles. The summed E-state index contributed by atoms with van der Waals surface area (Å²) in [4.78, 5) is 14.7. The Kier molecular flexibility index (Phi) is 4.10. The van der Waals surface area contributed by atoms with Crippen molar-refractivity contribution in [3.63, 3.8) is 0 Å². The SMILES string of the molecule is CC(C)NS(=O)(=O)c1ccccc1-n1cnc(C(=O)O)c1. The topological polar surface area (TPSA) is 101 Å². The van der Waals surface area contributed by atoms with Crippen molar-refractivity contribution < 1.29 is 18.3 Å². The van der Waals surface area contributed by atoms with Gasteiger partial charge in [0, 0.05) is 12.2 Å². The zero-order valence-corrected chi connectivity index (χ0v) is 12.3. The van der Waals surface area contributed by atoms with Crippen LogP contribution in [0.25, 0.3) is 5.69 Å². The third kappa shape index (κ3) is 3.29. The number of carboxylic acids is 1. The van der Waals surface area contributed by atoms with E-state index in [-0.39, 0.29) is 16.6 Å². The van der Waals surface area contributed by atoms with E-state index in [0.29, 0.717) is 5.69 Å². The molecule has 0 atom stereocenters. The van der Waals surface area contributed by atoms with E-state index in [0.717, 1.165) is 0 Å². The Morgan fingerprint density at radius 2 is 2.00 bits per heavy atom. The summed E-state index contributed by atoms with van der Waals surface area (Å²) in [6.45, 7) is 3.44. The fourth-order valence-corrected chi connectivity index (χ4v) is 3.29. The van der Waals surface area contributed by atoms with Crippen LogP contribution in [0, 0.1) is 0 Å². The number of nitrogens with zero attached hydrogens (tertiary/aromatic N) is 2. The Morgan fingerprint density at radius 1 is 1.33 bits per heavy atom. The second-order valence-electron chi connectivity index (χ2n) is 4.72. The van der Waals surface area contributed by atoms with Crippen LogP contribution < -0.4 is 4.72 Å². The molecule has 0 aliphatic carbocycles. The van der Waals surface area contributed by atoms with E-state index >= 15 is 0 Å². The van der Waals surface area contributed by atoms with Gasteiger partial charge in [-0.3, -0.25) is 0 Å². The Morgan fingerprint density at radius 3 is 2.57 bits per heavy atom. The van der Waals surface area contributed by atoms with Crippen LogP contribution in [0.2, 0.25) is 0 Å². The van der Waals surface area contributed by atoms with Crippen molar-refractivity contribution >= 4 is 16.0 Å². The molecule has 7 nitrogen and oxygen atoms in total. The van der Waals surface area contributed by atoms with Gasteiger partial charge >= 0.3 is 5.97 Å². The number of nitrogens with one attached hydrogen (secondary N) is 1. The molecule has 0 amide bonds. The largest absolute Gasteiger partial charge is 0.476 e. The Hall–Kier alpha value is -2.19. The van der Waals surface area contributed by atoms with Crippen LogP contribution in [-0.2, 0) is 10.0 Å². The van der Waals surface area contributed by atoms with Gasteiger partial charge in [0.2, 0.25) is 10.0 Å². The average Bonchev–Trinajstić information content (AvgIpc) is 2.87. The number of hydrogen-bond donors (Lipinski definition) is 2. The predicted octanol–water partition coefficient (Wildman–Crippen LogP) is 1.26. The summed E-state index contributed by atoms with van der Waals surface area (Å²) in [7, 11) is -3.70. The van der Waals surface area contributed by atoms with Crippen molar-refractivity contribution in [2.45, 2.75) is 24.8 Å². The zero-order valence-electron chi connectivity index (χ0n) is 11.5. The van der Waals surface area contributed by atoms with Crippen LogP contribution in [0.5, 0.6) is 0 Å². The molecule has 2 rings (SSSR count). The minimum atomic E-state index is -3.70. The van der Waals surface area contributed by atoms with E-state index in [2.05, 4.69) is 9.71 Å². The van der Waals surface area contributed by atoms with Gasteiger partial charge in [0.15, 0.2) is 5.69 Å². The molecule has 21 heavy (non-hydrogen) atoms. The van der Waals surface area contributed by atoms with E-state index in [9.17, 15) is 13.2 Å². The van der Waals surface area contributed by atoms with Crippen molar-refractivity contribution in [1.82, 2.24) is 14.3 Å². The highest BCUT2D eigenvalue weighted by Crippen LogP contribution is 2.20. The van der Waals surface area contributed by atoms with Gasteiger partial charge in [-0.25, -0.2) is 22.9 Å². The van der Waals surface area contributed by atoms with Gasteiger partial charge in [-0.15, -0.1) is 0 Å². The number of aromatic carboxylic acids is 1. The monoisotopic (exact) mass is 309 g/mol. The predicted molar refractivity (Wildman–Crippen MR) is 76.0 cm³/mol. The minimum absolute atomic E-state index is 0.0630. The van der Waals surface area contributed by atoms with E-state index in [4.69, 9.17) is 5.11 Å². The van der Waals surface area contributed by atoms with Crippen LogP contribution in [0.3, 0.4) is 0 Å². The lowest BCUT2D eigenvalue weighted by molar-refractivity contribution is 0.0691. The Bertz CT molecular complexity index is 765. The molecule has 0 aliphatic heterocycles. The first-order valence-electron chi connectivity index (χ1n) is 6.20. The molecule has 112 valence electrons. The molecule has 0 bridgehead atoms. The van der Waals surface area contributed by atoms with E-state index < -0.39 is 16.0 Å². The fourth-order valence-electron chi connectivity index (χ4n) is 1.84. The molecular weight excluding hydrogens is 294 g/mol. The van der Waals surface area contributed by atoms with E-state index in [1.807, 2.05) is 0 Å². The molecule has 0 saturated heterocycles. The van der Waals surface area contributed by atoms with Gasteiger partial charge in [0.1, 0.15) is 11.2 Å². The second kappa shape index (κ2) is 5.66. The maximum absolute atomic E-state index is 12.3. The maximum atomic E-state index is 12.3. The van der Waals surface area contributed by atoms with Crippen LogP contribution in [0.1, 0.15) is 24.3 Å². The molecule has 1 heterocycles. The first-order chi connectivity index (χ1) is 9.81. The molecule has 8 heteroatoms. The summed E-state index contributed by atoms with van der Waals surface area (Å²) < 4.78 is 28.5. The number of benzene rings is 1. The number of rotatable bonds is 5. The molecule has 0 fully saturated rings. The molecule has 2 N–H and O–H groups in total. The fraction of sp³-hybridized carbons (Fsp3) is 0.231. The Labute approximate surface area is 122 Å². The smallest absolute Gasteiger partial charge is 0.356 e. The van der Waals surface area contributed by atoms with Crippen LogP contribution in [-0.4, -0.2) is 35.1 Å². The number of aromatic nitrogens is 2. The summed E-state index contributed by atoms with van der Waals surface area (Å²) in [6, 6.07) is 6.07. The highest BCUT2D eigenvalue weighted by atomic mass is 32.2. The summed E-state index contributed by atoms with van der Waals surface area (Å²) in [6.07, 6.45) is 2.54.